The van der Waals surface area contributed by atoms with Crippen molar-refractivity contribution < 1.29 is 75.0 Å². The fourth-order valence-corrected chi connectivity index (χ4v) is 8.42. The molecule has 0 bridgehead atoms. The lowest BCUT2D eigenvalue weighted by molar-refractivity contribution is -0.156. The van der Waals surface area contributed by atoms with Crippen LogP contribution in [0.15, 0.2) is 35.2 Å². The minimum atomic E-state index is -4.15. The highest BCUT2D eigenvalue weighted by Gasteiger charge is 2.46. The van der Waals surface area contributed by atoms with Gasteiger partial charge in [-0.15, -0.1) is 9.66 Å². The number of nitrogens with one attached hydrogen (secondary N) is 4. The lowest BCUT2D eigenvalue weighted by Gasteiger charge is -2.43. The van der Waals surface area contributed by atoms with Gasteiger partial charge in [-0.25, -0.2) is 56.5 Å². The first kappa shape index (κ1) is 49.4. The molecular formula is C35H48N10O16S2. The zero-order valence-electron chi connectivity index (χ0n) is 34.0. The van der Waals surface area contributed by atoms with Crippen LogP contribution < -0.4 is 20.3 Å². The Kier molecular flexibility index (Phi) is 16.6. The van der Waals surface area contributed by atoms with Crippen LogP contribution in [0.1, 0.15) is 65.2 Å². The maximum atomic E-state index is 13.3. The Morgan fingerprint density at radius 2 is 1.10 bits per heavy atom. The first-order valence-corrected chi connectivity index (χ1v) is 22.5. The van der Waals surface area contributed by atoms with Crippen molar-refractivity contribution in [2.24, 2.45) is 0 Å². The minimum Gasteiger partial charge on any atom is -0.481 e. The van der Waals surface area contributed by atoms with E-state index in [9.17, 15) is 64.8 Å². The zero-order valence-corrected chi connectivity index (χ0v) is 35.7. The van der Waals surface area contributed by atoms with Gasteiger partial charge in [-0.3, -0.25) is 28.8 Å². The number of nitrogens with zero attached hydrogens (tertiary/aromatic N) is 6. The van der Waals surface area contributed by atoms with Gasteiger partial charge < -0.3 is 30.4 Å². The molecule has 0 spiro atoms. The number of rotatable bonds is 16. The molecule has 0 saturated carbocycles. The zero-order chi connectivity index (χ0) is 46.8. The van der Waals surface area contributed by atoms with E-state index in [-0.39, 0.29) is 69.3 Å². The molecule has 5 rings (SSSR count). The number of carboxylic acids is 2. The van der Waals surface area contributed by atoms with Crippen molar-refractivity contribution in [3.63, 3.8) is 0 Å². The molecule has 4 aliphatic heterocycles. The molecule has 26 nitrogen and oxygen atoms in total. The first-order chi connectivity index (χ1) is 29.6. The molecule has 4 saturated heterocycles. The van der Waals surface area contributed by atoms with Crippen molar-refractivity contribution >= 4 is 80.2 Å². The third-order valence-corrected chi connectivity index (χ3v) is 12.9. The quantitative estimate of drug-likeness (QED) is 0.0933. The van der Waals surface area contributed by atoms with Crippen LogP contribution in [0, 0.1) is 0 Å². The van der Waals surface area contributed by atoms with Crippen LogP contribution in [-0.2, 0) is 58.4 Å². The number of carbonyl (C=O) groups is 10. The Bertz CT molecular complexity index is 2180. The largest absolute Gasteiger partial charge is 0.481 e. The van der Waals surface area contributed by atoms with Gasteiger partial charge in [0, 0.05) is 39.0 Å². The van der Waals surface area contributed by atoms with Crippen molar-refractivity contribution in [1.82, 2.24) is 50.3 Å². The highest BCUT2D eigenvalue weighted by molar-refractivity contribution is 7.90. The molecule has 4 atom stereocenters. The lowest BCUT2D eigenvalue weighted by atomic mass is 10.1. The average molecular weight is 929 g/mol. The Balaban J connectivity index is 0.000000278. The summed E-state index contributed by atoms with van der Waals surface area (Å²) >= 11 is 0. The molecule has 4 fully saturated rings. The Morgan fingerprint density at radius 1 is 0.683 bits per heavy atom. The monoisotopic (exact) mass is 928 g/mol. The van der Waals surface area contributed by atoms with Crippen LogP contribution in [0.3, 0.4) is 0 Å². The number of amides is 8. The molecular weight excluding hydrogens is 881 g/mol. The molecule has 8 amide bonds. The van der Waals surface area contributed by atoms with Crippen molar-refractivity contribution in [3.8, 4) is 0 Å². The summed E-state index contributed by atoms with van der Waals surface area (Å²) in [6.07, 6.45) is -0.0844. The summed E-state index contributed by atoms with van der Waals surface area (Å²) in [5, 5.41) is 26.8. The molecule has 0 radical (unpaired) electrons. The van der Waals surface area contributed by atoms with Gasteiger partial charge in [0.2, 0.25) is 33.7 Å². The molecule has 4 heterocycles. The van der Waals surface area contributed by atoms with Crippen molar-refractivity contribution in [1.29, 1.82) is 0 Å². The number of hydrogen-bond donors (Lipinski definition) is 6. The third kappa shape index (κ3) is 12.4. The topological polar surface area (TPSA) is 347 Å². The van der Waals surface area contributed by atoms with Gasteiger partial charge in [-0.05, 0) is 51.7 Å². The molecule has 1 aromatic rings. The SMILES string of the molecule is CC(C)S(=O)(=O)NN1CCC(=O)N2CCC[C@@H](C(=O)N[C@H](C=O)CC(=O)O)N2C1=O.O=C[C@H](CC(=O)O)NC(=O)[C@@H]1CCCN2C(=O)CCN(NS(=O)(=O)c3ccccc3)C(=O)N12. The third-order valence-electron chi connectivity index (χ3n) is 9.85. The molecule has 4 aliphatic rings. The van der Waals surface area contributed by atoms with Crippen LogP contribution in [0.25, 0.3) is 0 Å². The number of benzene rings is 1. The number of urea groups is 2. The standard InChI is InChI=1S/C19H23N5O8S.C16H25N5O8S/c25-12-13(11-17(27)28)20-18(29)15-7-4-9-23-16(26)8-10-22(19(30)24(15)23)21-33(31,32)14-5-2-1-3-6-14;1-10(2)30(28,29)18-19-7-5-13(23)20-6-3-4-12(21(20)16(19)27)15(26)17-11(9-22)8-14(24)25/h1-3,5-6,12-13,15,21H,4,7-11H2,(H,20,29)(H,27,28);9-12,18H,3-8H2,1-2H3,(H,17,26)(H,24,25)/t13-,15-;11-,12-/m00/s1. The number of carbonyl (C=O) groups excluding carboxylic acids is 8. The summed E-state index contributed by atoms with van der Waals surface area (Å²) in [4.78, 5) is 125. The number of aliphatic carboxylic acids is 2. The van der Waals surface area contributed by atoms with Gasteiger partial charge in [0.25, 0.3) is 10.0 Å². The summed E-state index contributed by atoms with van der Waals surface area (Å²) in [6.45, 7) is 2.65. The van der Waals surface area contributed by atoms with Crippen LogP contribution in [0.4, 0.5) is 9.59 Å². The van der Waals surface area contributed by atoms with Crippen LogP contribution in [-0.4, -0.2) is 173 Å². The minimum absolute atomic E-state index is 0.0966. The maximum absolute atomic E-state index is 13.3. The van der Waals surface area contributed by atoms with Crippen molar-refractivity contribution in [3.05, 3.63) is 30.3 Å². The summed E-state index contributed by atoms with van der Waals surface area (Å²) in [5.41, 5.74) is 0. The molecule has 346 valence electrons. The summed E-state index contributed by atoms with van der Waals surface area (Å²) in [5.74, 6) is -5.20. The van der Waals surface area contributed by atoms with E-state index in [1.165, 1.54) is 38.1 Å². The predicted octanol–water partition coefficient (Wildman–Crippen LogP) is -2.51. The fourth-order valence-electron chi connectivity index (χ4n) is 6.65. The molecule has 0 aliphatic carbocycles. The number of carboxylic acid groups (broad SMARTS) is 2. The molecule has 28 heteroatoms. The van der Waals surface area contributed by atoms with E-state index in [1.54, 1.807) is 6.07 Å². The summed E-state index contributed by atoms with van der Waals surface area (Å²) in [7, 11) is -8.04. The maximum Gasteiger partial charge on any atom is 0.354 e. The van der Waals surface area contributed by atoms with Gasteiger partial charge in [-0.2, -0.15) is 0 Å². The van der Waals surface area contributed by atoms with Crippen LogP contribution in [0.2, 0.25) is 0 Å². The van der Waals surface area contributed by atoms with E-state index in [0.717, 1.165) is 30.1 Å². The second-order valence-corrected chi connectivity index (χ2v) is 18.6. The number of hydrazine groups is 4. The summed E-state index contributed by atoms with van der Waals surface area (Å²) < 4.78 is 49.8. The molecule has 0 aromatic heterocycles. The fraction of sp³-hybridized carbons (Fsp3) is 0.543. The van der Waals surface area contributed by atoms with Gasteiger partial charge in [0.15, 0.2) is 0 Å². The number of fused-ring (bicyclic) bond motifs is 2. The Labute approximate surface area is 360 Å². The van der Waals surface area contributed by atoms with Crippen LogP contribution in [0.5, 0.6) is 0 Å². The van der Waals surface area contributed by atoms with Crippen molar-refractivity contribution in [2.75, 3.05) is 26.2 Å². The predicted molar refractivity (Wildman–Crippen MR) is 211 cm³/mol. The van der Waals surface area contributed by atoms with Crippen LogP contribution >= 0.6 is 0 Å². The molecule has 1 aromatic carbocycles. The van der Waals surface area contributed by atoms with Gasteiger partial charge >= 0.3 is 24.0 Å². The number of sulfonamides is 2. The van der Waals surface area contributed by atoms with Crippen molar-refractivity contribution in [2.45, 2.75) is 99.5 Å². The van der Waals surface area contributed by atoms with E-state index in [1.807, 2.05) is 0 Å². The second-order valence-electron chi connectivity index (χ2n) is 14.7. The highest BCUT2D eigenvalue weighted by atomic mass is 32.2. The van der Waals surface area contributed by atoms with Gasteiger partial charge in [0.05, 0.1) is 35.1 Å². The van der Waals surface area contributed by atoms with E-state index in [4.69, 9.17) is 10.2 Å². The van der Waals surface area contributed by atoms with E-state index < -0.39 is 110 Å². The second kappa shape index (κ2) is 21.2. The van der Waals surface area contributed by atoms with E-state index in [2.05, 4.69) is 20.3 Å². The Hall–Kier alpha value is -6.26. The first-order valence-electron chi connectivity index (χ1n) is 19.5. The average Bonchev–Trinajstić information content (AvgIpc) is 3.43. The lowest BCUT2D eigenvalue weighted by Crippen LogP contribution is -2.65. The van der Waals surface area contributed by atoms with E-state index in [0.29, 0.717) is 12.8 Å². The van der Waals surface area contributed by atoms with E-state index >= 15 is 0 Å². The smallest absolute Gasteiger partial charge is 0.354 e. The number of hydrogen-bond acceptors (Lipinski definition) is 14. The highest BCUT2D eigenvalue weighted by Crippen LogP contribution is 2.26. The molecule has 0 unspecified atom stereocenters. The Morgan fingerprint density at radius 3 is 1.48 bits per heavy atom. The normalized spacial score (nSPS) is 20.6. The van der Waals surface area contributed by atoms with Gasteiger partial charge in [-0.1, -0.05) is 18.2 Å². The molecule has 63 heavy (non-hydrogen) atoms. The molecule has 6 N–H and O–H groups in total. The van der Waals surface area contributed by atoms with Gasteiger partial charge in [0.1, 0.15) is 24.7 Å². The number of aldehydes is 2. The summed E-state index contributed by atoms with van der Waals surface area (Å²) in [6, 6.07) is 0.374.